The predicted octanol–water partition coefficient (Wildman–Crippen LogP) is 3.90. The number of nitrogens with one attached hydrogen (secondary N) is 2. The average Bonchev–Trinajstić information content (AvgIpc) is 2.99. The lowest BCUT2D eigenvalue weighted by Crippen LogP contribution is -2.26. The Hall–Kier alpha value is -2.45. The van der Waals surface area contributed by atoms with E-state index in [0.29, 0.717) is 26.2 Å². The van der Waals surface area contributed by atoms with Gasteiger partial charge in [-0.2, -0.15) is 0 Å². The Morgan fingerprint density at radius 1 is 1.15 bits per heavy atom. The number of carbonyl (C=O) groups is 1. The standard InChI is InChI=1S/C18H17FN2O3S2/c1-11(12-6-3-4-8-15(12)21-26(2,23)24)20-18(22)17-10-13-14(19)7-5-9-16(13)25-17/h3-11,21H,1-2H3,(H,20,22). The van der Waals surface area contributed by atoms with Crippen molar-refractivity contribution in [2.75, 3.05) is 11.0 Å². The lowest BCUT2D eigenvalue weighted by molar-refractivity contribution is 0.0944. The molecule has 0 aliphatic carbocycles. The van der Waals surface area contributed by atoms with Gasteiger partial charge in [0.05, 0.1) is 22.9 Å². The molecule has 26 heavy (non-hydrogen) atoms. The molecule has 0 radical (unpaired) electrons. The second-order valence-corrected chi connectivity index (χ2v) is 8.75. The number of rotatable bonds is 5. The number of amides is 1. The number of thiophene rings is 1. The van der Waals surface area contributed by atoms with Gasteiger partial charge in [-0.15, -0.1) is 11.3 Å². The van der Waals surface area contributed by atoms with E-state index in [4.69, 9.17) is 0 Å². The molecule has 1 heterocycles. The third-order valence-corrected chi connectivity index (χ3v) is 5.49. The quantitative estimate of drug-likeness (QED) is 0.691. The van der Waals surface area contributed by atoms with Crippen molar-refractivity contribution in [3.63, 3.8) is 0 Å². The van der Waals surface area contributed by atoms with Gasteiger partial charge in [0.15, 0.2) is 0 Å². The molecule has 3 aromatic rings. The molecule has 2 N–H and O–H groups in total. The van der Waals surface area contributed by atoms with Crippen molar-refractivity contribution in [1.29, 1.82) is 0 Å². The molecular formula is C18H17FN2O3S2. The normalized spacial score (nSPS) is 12.7. The topological polar surface area (TPSA) is 75.3 Å². The molecule has 0 aliphatic rings. The number of sulfonamides is 1. The van der Waals surface area contributed by atoms with Crippen LogP contribution in [0.4, 0.5) is 10.1 Å². The maximum atomic E-state index is 13.8. The lowest BCUT2D eigenvalue weighted by atomic mass is 10.1. The highest BCUT2D eigenvalue weighted by molar-refractivity contribution is 7.92. The van der Waals surface area contributed by atoms with Gasteiger partial charge < -0.3 is 5.32 Å². The van der Waals surface area contributed by atoms with Gasteiger partial charge >= 0.3 is 0 Å². The molecule has 1 amide bonds. The predicted molar refractivity (Wildman–Crippen MR) is 103 cm³/mol. The summed E-state index contributed by atoms with van der Waals surface area (Å²) in [6, 6.07) is 12.6. The van der Waals surface area contributed by atoms with Gasteiger partial charge in [-0.25, -0.2) is 12.8 Å². The summed E-state index contributed by atoms with van der Waals surface area (Å²) < 4.78 is 40.0. The van der Waals surface area contributed by atoms with Crippen LogP contribution in [0.15, 0.2) is 48.5 Å². The van der Waals surface area contributed by atoms with Gasteiger partial charge in [0.2, 0.25) is 10.0 Å². The van der Waals surface area contributed by atoms with E-state index in [0.717, 1.165) is 6.26 Å². The first-order chi connectivity index (χ1) is 12.2. The van der Waals surface area contributed by atoms with Crippen LogP contribution < -0.4 is 10.0 Å². The van der Waals surface area contributed by atoms with Gasteiger partial charge in [0.1, 0.15) is 5.82 Å². The van der Waals surface area contributed by atoms with Crippen LogP contribution in [0.5, 0.6) is 0 Å². The molecule has 1 unspecified atom stereocenters. The van der Waals surface area contributed by atoms with E-state index >= 15 is 0 Å². The van der Waals surface area contributed by atoms with Crippen LogP contribution in [0.2, 0.25) is 0 Å². The summed E-state index contributed by atoms with van der Waals surface area (Å²) in [4.78, 5) is 12.9. The molecule has 0 bridgehead atoms. The number of anilines is 1. The summed E-state index contributed by atoms with van der Waals surface area (Å²) >= 11 is 1.21. The van der Waals surface area contributed by atoms with E-state index < -0.39 is 16.1 Å². The summed E-state index contributed by atoms with van der Waals surface area (Å²) in [5.74, 6) is -0.708. The van der Waals surface area contributed by atoms with Crippen molar-refractivity contribution in [2.45, 2.75) is 13.0 Å². The van der Waals surface area contributed by atoms with E-state index in [2.05, 4.69) is 10.0 Å². The van der Waals surface area contributed by atoms with Crippen LogP contribution in [0.1, 0.15) is 28.2 Å². The van der Waals surface area contributed by atoms with E-state index in [1.807, 2.05) is 0 Å². The largest absolute Gasteiger partial charge is 0.345 e. The number of halogens is 1. The van der Waals surface area contributed by atoms with Crippen molar-refractivity contribution in [3.05, 3.63) is 64.8 Å². The number of hydrogen-bond acceptors (Lipinski definition) is 4. The number of fused-ring (bicyclic) bond motifs is 1. The maximum absolute atomic E-state index is 13.8. The summed E-state index contributed by atoms with van der Waals surface area (Å²) in [5, 5.41) is 3.24. The smallest absolute Gasteiger partial charge is 0.261 e. The van der Waals surface area contributed by atoms with Crippen molar-refractivity contribution in [2.24, 2.45) is 0 Å². The molecule has 0 aliphatic heterocycles. The first-order valence-corrected chi connectivity index (χ1v) is 10.5. The fourth-order valence-corrected chi connectivity index (χ4v) is 4.21. The minimum absolute atomic E-state index is 0.341. The van der Waals surface area contributed by atoms with Gasteiger partial charge in [-0.1, -0.05) is 24.3 Å². The number of benzene rings is 2. The Balaban J connectivity index is 1.84. The molecule has 3 rings (SSSR count). The van der Waals surface area contributed by atoms with Crippen LogP contribution >= 0.6 is 11.3 Å². The zero-order valence-corrected chi connectivity index (χ0v) is 15.7. The second-order valence-electron chi connectivity index (χ2n) is 5.92. The molecule has 1 aromatic heterocycles. The molecule has 5 nitrogen and oxygen atoms in total. The minimum Gasteiger partial charge on any atom is -0.345 e. The molecule has 0 saturated heterocycles. The third kappa shape index (κ3) is 4.03. The SMILES string of the molecule is CC(NC(=O)c1cc2c(F)cccc2s1)c1ccccc1NS(C)(=O)=O. The molecule has 0 fully saturated rings. The molecule has 136 valence electrons. The summed E-state index contributed by atoms with van der Waals surface area (Å²) in [5.41, 5.74) is 1.05. The van der Waals surface area contributed by atoms with Crippen LogP contribution in [-0.2, 0) is 10.0 Å². The van der Waals surface area contributed by atoms with E-state index in [1.54, 1.807) is 43.3 Å². The third-order valence-electron chi connectivity index (χ3n) is 3.80. The summed E-state index contributed by atoms with van der Waals surface area (Å²) in [6.45, 7) is 1.76. The van der Waals surface area contributed by atoms with E-state index in [1.165, 1.54) is 23.5 Å². The first kappa shape index (κ1) is 18.3. The zero-order valence-electron chi connectivity index (χ0n) is 14.1. The second kappa shape index (κ2) is 7.05. The molecule has 0 saturated carbocycles. The Morgan fingerprint density at radius 3 is 2.58 bits per heavy atom. The van der Waals surface area contributed by atoms with Crippen molar-refractivity contribution in [1.82, 2.24) is 5.32 Å². The van der Waals surface area contributed by atoms with Crippen LogP contribution in [-0.4, -0.2) is 20.6 Å². The fourth-order valence-electron chi connectivity index (χ4n) is 2.65. The Labute approximate surface area is 154 Å². The van der Waals surface area contributed by atoms with E-state index in [9.17, 15) is 17.6 Å². The van der Waals surface area contributed by atoms with Crippen molar-refractivity contribution in [3.8, 4) is 0 Å². The molecule has 0 spiro atoms. The van der Waals surface area contributed by atoms with Gasteiger partial charge in [0, 0.05) is 10.1 Å². The minimum atomic E-state index is -3.44. The average molecular weight is 392 g/mol. The fraction of sp³-hybridized carbons (Fsp3) is 0.167. The number of hydrogen-bond donors (Lipinski definition) is 2. The monoisotopic (exact) mass is 392 g/mol. The van der Waals surface area contributed by atoms with Crippen molar-refractivity contribution < 1.29 is 17.6 Å². The first-order valence-electron chi connectivity index (χ1n) is 7.80. The summed E-state index contributed by atoms with van der Waals surface area (Å²) in [6.07, 6.45) is 1.07. The highest BCUT2D eigenvalue weighted by atomic mass is 32.2. The molecule has 8 heteroatoms. The van der Waals surface area contributed by atoms with Crippen LogP contribution in [0, 0.1) is 5.82 Å². The number of carbonyl (C=O) groups excluding carboxylic acids is 1. The highest BCUT2D eigenvalue weighted by Crippen LogP contribution is 2.29. The summed E-state index contributed by atoms with van der Waals surface area (Å²) in [7, 11) is -3.44. The Bertz CT molecular complexity index is 1080. The van der Waals surface area contributed by atoms with Crippen LogP contribution in [0.25, 0.3) is 10.1 Å². The maximum Gasteiger partial charge on any atom is 0.261 e. The van der Waals surface area contributed by atoms with Gasteiger partial charge in [0.25, 0.3) is 5.91 Å². The Morgan fingerprint density at radius 2 is 1.88 bits per heavy atom. The van der Waals surface area contributed by atoms with Crippen LogP contribution in [0.3, 0.4) is 0 Å². The van der Waals surface area contributed by atoms with E-state index in [-0.39, 0.29) is 11.7 Å². The van der Waals surface area contributed by atoms with Crippen molar-refractivity contribution >= 4 is 43.0 Å². The highest BCUT2D eigenvalue weighted by Gasteiger charge is 2.18. The lowest BCUT2D eigenvalue weighted by Gasteiger charge is -2.18. The Kier molecular flexibility index (Phi) is 4.97. The molecular weight excluding hydrogens is 375 g/mol. The van der Waals surface area contributed by atoms with Gasteiger partial charge in [-0.05, 0) is 36.8 Å². The zero-order chi connectivity index (χ0) is 18.9. The molecule has 1 atom stereocenters. The number of para-hydroxylation sites is 1. The molecule has 2 aromatic carbocycles. The van der Waals surface area contributed by atoms with Gasteiger partial charge in [-0.3, -0.25) is 9.52 Å².